The number of thiophene rings is 1. The number of carbonyl (C=O) groups excluding carboxylic acids is 1. The summed E-state index contributed by atoms with van der Waals surface area (Å²) in [7, 11) is 0. The lowest BCUT2D eigenvalue weighted by molar-refractivity contribution is 0.0730. The van der Waals surface area contributed by atoms with Crippen molar-refractivity contribution in [2.75, 3.05) is 5.73 Å². The predicted molar refractivity (Wildman–Crippen MR) is 82.8 cm³/mol. The van der Waals surface area contributed by atoms with E-state index in [2.05, 4.69) is 0 Å². The molecule has 2 N–H and O–H groups in total. The van der Waals surface area contributed by atoms with Gasteiger partial charge in [-0.25, -0.2) is 0 Å². The molecule has 1 aliphatic carbocycles. The molecule has 20 heavy (non-hydrogen) atoms. The van der Waals surface area contributed by atoms with Gasteiger partial charge in [0.1, 0.15) is 0 Å². The van der Waals surface area contributed by atoms with Gasteiger partial charge in [-0.3, -0.25) is 4.79 Å². The third kappa shape index (κ3) is 2.70. The summed E-state index contributed by atoms with van der Waals surface area (Å²) >= 11 is 1.59. The van der Waals surface area contributed by atoms with Gasteiger partial charge in [-0.1, -0.05) is 12.1 Å². The second kappa shape index (κ2) is 5.29. The maximum atomic E-state index is 12.7. The summed E-state index contributed by atoms with van der Waals surface area (Å²) in [6.45, 7) is 2.66. The highest BCUT2D eigenvalue weighted by Crippen LogP contribution is 2.31. The number of rotatable bonds is 4. The fourth-order valence-corrected chi connectivity index (χ4v) is 3.13. The van der Waals surface area contributed by atoms with Crippen LogP contribution in [0.4, 0.5) is 5.69 Å². The summed E-state index contributed by atoms with van der Waals surface area (Å²) in [5.41, 5.74) is 9.51. The Labute approximate surface area is 123 Å². The molecule has 3 rings (SSSR count). The SMILES string of the molecule is Cc1cscc1C(=O)N(Cc1ccc(N)cc1)C1CC1. The molecule has 1 aromatic heterocycles. The van der Waals surface area contributed by atoms with Gasteiger partial charge in [-0.2, -0.15) is 11.3 Å². The van der Waals surface area contributed by atoms with Crippen LogP contribution in [0.2, 0.25) is 0 Å². The topological polar surface area (TPSA) is 46.3 Å². The van der Waals surface area contributed by atoms with Gasteiger partial charge in [0.05, 0.1) is 5.56 Å². The molecule has 0 saturated heterocycles. The molecule has 104 valence electrons. The third-order valence-electron chi connectivity index (χ3n) is 3.67. The van der Waals surface area contributed by atoms with Crippen molar-refractivity contribution in [3.63, 3.8) is 0 Å². The Morgan fingerprint density at radius 2 is 2.00 bits per heavy atom. The van der Waals surface area contributed by atoms with Crippen molar-refractivity contribution in [2.24, 2.45) is 0 Å². The lowest BCUT2D eigenvalue weighted by Crippen LogP contribution is -2.32. The molecule has 0 aliphatic heterocycles. The fourth-order valence-electron chi connectivity index (χ4n) is 2.31. The van der Waals surface area contributed by atoms with Crippen molar-refractivity contribution < 1.29 is 4.79 Å². The average Bonchev–Trinajstić information content (AvgIpc) is 3.19. The number of amides is 1. The van der Waals surface area contributed by atoms with Gasteiger partial charge in [0, 0.05) is 23.7 Å². The van der Waals surface area contributed by atoms with E-state index in [9.17, 15) is 4.79 Å². The summed E-state index contributed by atoms with van der Waals surface area (Å²) in [4.78, 5) is 14.7. The van der Waals surface area contributed by atoms with E-state index < -0.39 is 0 Å². The molecule has 0 unspecified atom stereocenters. The van der Waals surface area contributed by atoms with Crippen LogP contribution in [-0.2, 0) is 6.54 Å². The van der Waals surface area contributed by atoms with Crippen molar-refractivity contribution in [3.05, 3.63) is 51.7 Å². The molecule has 0 atom stereocenters. The van der Waals surface area contributed by atoms with Crippen molar-refractivity contribution in [1.82, 2.24) is 4.90 Å². The average molecular weight is 286 g/mol. The molecule has 1 fully saturated rings. The van der Waals surface area contributed by atoms with Crippen LogP contribution in [-0.4, -0.2) is 16.8 Å². The Kier molecular flexibility index (Phi) is 3.49. The Balaban J connectivity index is 1.81. The van der Waals surface area contributed by atoms with Crippen molar-refractivity contribution in [1.29, 1.82) is 0 Å². The van der Waals surface area contributed by atoms with E-state index in [0.717, 1.165) is 35.2 Å². The van der Waals surface area contributed by atoms with Crippen LogP contribution in [0.5, 0.6) is 0 Å². The molecule has 1 aromatic carbocycles. The van der Waals surface area contributed by atoms with Crippen LogP contribution >= 0.6 is 11.3 Å². The van der Waals surface area contributed by atoms with Crippen LogP contribution in [0, 0.1) is 6.92 Å². The van der Waals surface area contributed by atoms with Crippen molar-refractivity contribution >= 4 is 22.9 Å². The first-order valence-corrected chi connectivity index (χ1v) is 7.77. The van der Waals surface area contributed by atoms with E-state index in [1.54, 1.807) is 11.3 Å². The van der Waals surface area contributed by atoms with E-state index in [0.29, 0.717) is 12.6 Å². The minimum atomic E-state index is 0.156. The molecule has 0 bridgehead atoms. The second-order valence-corrected chi connectivity index (χ2v) is 6.12. The summed E-state index contributed by atoms with van der Waals surface area (Å²) in [5, 5.41) is 3.98. The number of benzene rings is 1. The highest BCUT2D eigenvalue weighted by Gasteiger charge is 2.33. The van der Waals surface area contributed by atoms with E-state index in [4.69, 9.17) is 5.73 Å². The molecule has 1 amide bonds. The van der Waals surface area contributed by atoms with Gasteiger partial charge in [0.25, 0.3) is 5.91 Å². The molecule has 0 spiro atoms. The normalized spacial score (nSPS) is 14.2. The van der Waals surface area contributed by atoms with Crippen molar-refractivity contribution in [3.8, 4) is 0 Å². The standard InChI is InChI=1S/C16H18N2OS/c1-11-9-20-10-15(11)16(19)18(14-6-7-14)8-12-2-4-13(17)5-3-12/h2-5,9-10,14H,6-8,17H2,1H3. The first-order valence-electron chi connectivity index (χ1n) is 6.83. The number of nitrogens with two attached hydrogens (primary N) is 1. The first kappa shape index (κ1) is 13.2. The Hall–Kier alpha value is -1.81. The van der Waals surface area contributed by atoms with Crippen LogP contribution in [0.15, 0.2) is 35.0 Å². The molecular formula is C16H18N2OS. The first-order chi connectivity index (χ1) is 9.65. The largest absolute Gasteiger partial charge is 0.399 e. The van der Waals surface area contributed by atoms with E-state index in [1.807, 2.05) is 46.8 Å². The number of nitrogens with zero attached hydrogens (tertiary/aromatic N) is 1. The minimum absolute atomic E-state index is 0.156. The molecule has 1 aliphatic rings. The molecule has 1 heterocycles. The maximum Gasteiger partial charge on any atom is 0.255 e. The van der Waals surface area contributed by atoms with Crippen LogP contribution in [0.1, 0.15) is 34.3 Å². The summed E-state index contributed by atoms with van der Waals surface area (Å²) < 4.78 is 0. The number of hydrogen-bond donors (Lipinski definition) is 1. The van der Waals surface area contributed by atoms with Gasteiger partial charge in [-0.05, 0) is 48.4 Å². The summed E-state index contributed by atoms with van der Waals surface area (Å²) in [6, 6.07) is 8.18. The molecule has 3 nitrogen and oxygen atoms in total. The highest BCUT2D eigenvalue weighted by atomic mass is 32.1. The number of anilines is 1. The van der Waals surface area contributed by atoms with Crippen molar-refractivity contribution in [2.45, 2.75) is 32.4 Å². The minimum Gasteiger partial charge on any atom is -0.399 e. The van der Waals surface area contributed by atoms with Gasteiger partial charge >= 0.3 is 0 Å². The van der Waals surface area contributed by atoms with Gasteiger partial charge in [0.15, 0.2) is 0 Å². The molecule has 0 radical (unpaired) electrons. The molecule has 2 aromatic rings. The number of hydrogen-bond acceptors (Lipinski definition) is 3. The van der Waals surface area contributed by atoms with Crippen LogP contribution in [0.25, 0.3) is 0 Å². The Morgan fingerprint density at radius 1 is 1.30 bits per heavy atom. The zero-order chi connectivity index (χ0) is 14.1. The van der Waals surface area contributed by atoms with Gasteiger partial charge in [-0.15, -0.1) is 0 Å². The van der Waals surface area contributed by atoms with E-state index in [1.165, 1.54) is 0 Å². The van der Waals surface area contributed by atoms with Gasteiger partial charge in [0.2, 0.25) is 0 Å². The highest BCUT2D eigenvalue weighted by molar-refractivity contribution is 7.08. The monoisotopic (exact) mass is 286 g/mol. The Bertz CT molecular complexity index is 614. The number of aryl methyl sites for hydroxylation is 1. The molecule has 4 heteroatoms. The van der Waals surface area contributed by atoms with Crippen LogP contribution in [0.3, 0.4) is 0 Å². The van der Waals surface area contributed by atoms with E-state index in [-0.39, 0.29) is 5.91 Å². The number of nitrogen functional groups attached to an aromatic ring is 1. The zero-order valence-electron chi connectivity index (χ0n) is 11.5. The fraction of sp³-hybridized carbons (Fsp3) is 0.312. The second-order valence-electron chi connectivity index (χ2n) is 5.37. The number of carbonyl (C=O) groups is 1. The summed E-state index contributed by atoms with van der Waals surface area (Å²) in [5.74, 6) is 0.156. The maximum absolute atomic E-state index is 12.7. The predicted octanol–water partition coefficient (Wildman–Crippen LogP) is 3.44. The quantitative estimate of drug-likeness (QED) is 0.875. The third-order valence-corrected chi connectivity index (χ3v) is 4.53. The lowest BCUT2D eigenvalue weighted by Gasteiger charge is -2.22. The van der Waals surface area contributed by atoms with E-state index >= 15 is 0 Å². The zero-order valence-corrected chi connectivity index (χ0v) is 12.3. The molecule has 1 saturated carbocycles. The molecular weight excluding hydrogens is 268 g/mol. The Morgan fingerprint density at radius 3 is 2.55 bits per heavy atom. The summed E-state index contributed by atoms with van der Waals surface area (Å²) in [6.07, 6.45) is 2.23. The van der Waals surface area contributed by atoms with Crippen LogP contribution < -0.4 is 5.73 Å². The van der Waals surface area contributed by atoms with Gasteiger partial charge < -0.3 is 10.6 Å². The smallest absolute Gasteiger partial charge is 0.255 e. The lowest BCUT2D eigenvalue weighted by atomic mass is 10.1.